The van der Waals surface area contributed by atoms with Crippen molar-refractivity contribution in [2.45, 2.75) is 201 Å². The van der Waals surface area contributed by atoms with Gasteiger partial charge in [-0.2, -0.15) is 0 Å². The van der Waals surface area contributed by atoms with Crippen molar-refractivity contribution < 1.29 is 0 Å². The molecule has 11 rings (SSSR count). The molecule has 0 unspecified atom stereocenters. The number of hydrogen-bond acceptors (Lipinski definition) is 2. The molecule has 3 heteroatoms. The van der Waals surface area contributed by atoms with Crippen LogP contribution in [0, 0.1) is 13.8 Å². The van der Waals surface area contributed by atoms with Gasteiger partial charge in [0, 0.05) is 39.5 Å². The van der Waals surface area contributed by atoms with Crippen LogP contribution in [-0.4, -0.2) is 6.71 Å². The predicted octanol–water partition coefficient (Wildman–Crippen LogP) is 16.3. The maximum Gasteiger partial charge on any atom is 0.252 e. The van der Waals surface area contributed by atoms with E-state index in [4.69, 9.17) is 0 Å². The van der Waals surface area contributed by atoms with E-state index in [1.54, 1.807) is 0 Å². The molecule has 362 valence electrons. The second-order valence-electron chi connectivity index (χ2n) is 28.5. The summed E-state index contributed by atoms with van der Waals surface area (Å²) < 4.78 is 0. The zero-order valence-electron chi connectivity index (χ0n) is 46.5. The molecule has 5 aliphatic rings. The minimum atomic E-state index is -0.215. The Hall–Kier alpha value is -5.02. The summed E-state index contributed by atoms with van der Waals surface area (Å²) >= 11 is 0. The lowest BCUT2D eigenvalue weighted by atomic mass is 9.33. The van der Waals surface area contributed by atoms with Gasteiger partial charge in [0.1, 0.15) is 0 Å². The average molecular weight is 925 g/mol. The van der Waals surface area contributed by atoms with Crippen molar-refractivity contribution in [3.8, 4) is 0 Å². The standard InChI is InChI=1S/C67H81BN2/c1-40-29-45-48(62(8,9)28-27-61(45,6)7)35-55(40)70-56-37-50-47(64(12,13)39-66(50,16)17)34-52(56)68-51-31-43(67(18,19)42-23-21-20-22-24-42)25-26-53(51)69(57-32-44(60(3,4)5)33-58(70)59(57)68)54-36-49-46(30-41(54)2)63(10,11)38-65(49,14)15/h20-26,29-37H,27-28,38-39H2,1-19H3. The highest BCUT2D eigenvalue weighted by Crippen LogP contribution is 2.57. The van der Waals surface area contributed by atoms with Crippen LogP contribution >= 0.6 is 0 Å². The fourth-order valence-corrected chi connectivity index (χ4v) is 15.1. The largest absolute Gasteiger partial charge is 0.311 e. The molecule has 0 bridgehead atoms. The molecule has 2 nitrogen and oxygen atoms in total. The molecule has 0 saturated heterocycles. The molecule has 2 heterocycles. The molecule has 2 aliphatic heterocycles. The van der Waals surface area contributed by atoms with Gasteiger partial charge < -0.3 is 9.80 Å². The molecule has 0 fully saturated rings. The number of hydrogen-bond donors (Lipinski definition) is 0. The zero-order valence-corrected chi connectivity index (χ0v) is 46.5. The summed E-state index contributed by atoms with van der Waals surface area (Å²) in [5, 5.41) is 0. The Balaban J connectivity index is 1.30. The highest BCUT2D eigenvalue weighted by molar-refractivity contribution is 7.00. The summed E-state index contributed by atoms with van der Waals surface area (Å²) in [7, 11) is 0. The van der Waals surface area contributed by atoms with Crippen molar-refractivity contribution in [2.24, 2.45) is 0 Å². The Bertz CT molecular complexity index is 3200. The van der Waals surface area contributed by atoms with Crippen molar-refractivity contribution >= 4 is 57.2 Å². The predicted molar refractivity (Wildman–Crippen MR) is 304 cm³/mol. The number of rotatable bonds is 4. The van der Waals surface area contributed by atoms with Crippen LogP contribution in [0.4, 0.5) is 34.1 Å². The number of benzene rings is 6. The first-order valence-electron chi connectivity index (χ1n) is 26.8. The van der Waals surface area contributed by atoms with Gasteiger partial charge in [-0.15, -0.1) is 0 Å². The monoisotopic (exact) mass is 925 g/mol. The van der Waals surface area contributed by atoms with Crippen LogP contribution in [-0.2, 0) is 43.3 Å². The van der Waals surface area contributed by atoms with Gasteiger partial charge in [-0.3, -0.25) is 0 Å². The quantitative estimate of drug-likeness (QED) is 0.162. The van der Waals surface area contributed by atoms with Gasteiger partial charge in [-0.05, 0) is 191 Å². The summed E-state index contributed by atoms with van der Waals surface area (Å²) in [5.74, 6) is 0. The van der Waals surface area contributed by atoms with E-state index >= 15 is 0 Å². The fourth-order valence-electron chi connectivity index (χ4n) is 15.1. The maximum atomic E-state index is 2.77. The molecule has 0 aromatic heterocycles. The Morgan fingerprint density at radius 3 is 1.30 bits per heavy atom. The molecule has 70 heavy (non-hydrogen) atoms. The van der Waals surface area contributed by atoms with Crippen molar-refractivity contribution in [1.29, 1.82) is 0 Å². The molecule has 0 spiro atoms. The molecular weight excluding hydrogens is 844 g/mol. The van der Waals surface area contributed by atoms with Gasteiger partial charge in [-0.25, -0.2) is 0 Å². The third kappa shape index (κ3) is 6.78. The summed E-state index contributed by atoms with van der Waals surface area (Å²) in [4.78, 5) is 5.50. The first-order valence-corrected chi connectivity index (χ1v) is 26.8. The van der Waals surface area contributed by atoms with Crippen LogP contribution in [0.3, 0.4) is 0 Å². The summed E-state index contributed by atoms with van der Waals surface area (Å²) in [5.41, 5.74) is 28.1. The van der Waals surface area contributed by atoms with Crippen LogP contribution in [0.5, 0.6) is 0 Å². The van der Waals surface area contributed by atoms with Crippen molar-refractivity contribution in [3.63, 3.8) is 0 Å². The van der Waals surface area contributed by atoms with E-state index in [1.807, 2.05) is 0 Å². The lowest BCUT2D eigenvalue weighted by molar-refractivity contribution is 0.332. The number of aryl methyl sites for hydroxylation is 2. The number of nitrogens with zero attached hydrogens (tertiary/aromatic N) is 2. The third-order valence-electron chi connectivity index (χ3n) is 19.0. The van der Waals surface area contributed by atoms with Gasteiger partial charge in [0.15, 0.2) is 0 Å². The Kier molecular flexibility index (Phi) is 9.85. The van der Waals surface area contributed by atoms with Crippen LogP contribution in [0.2, 0.25) is 0 Å². The lowest BCUT2D eigenvalue weighted by Gasteiger charge is -2.47. The van der Waals surface area contributed by atoms with E-state index in [9.17, 15) is 0 Å². The molecule has 0 saturated carbocycles. The van der Waals surface area contributed by atoms with Gasteiger partial charge >= 0.3 is 0 Å². The van der Waals surface area contributed by atoms with Crippen LogP contribution in [0.25, 0.3) is 0 Å². The zero-order chi connectivity index (χ0) is 50.4. The van der Waals surface area contributed by atoms with E-state index in [0.29, 0.717) is 0 Å². The number of fused-ring (bicyclic) bond motifs is 7. The van der Waals surface area contributed by atoms with Crippen molar-refractivity contribution in [2.75, 3.05) is 9.80 Å². The lowest BCUT2D eigenvalue weighted by Crippen LogP contribution is -2.62. The summed E-state index contributed by atoms with van der Waals surface area (Å²) in [6, 6.07) is 39.8. The van der Waals surface area contributed by atoms with E-state index in [-0.39, 0.29) is 50.0 Å². The highest BCUT2D eigenvalue weighted by Gasteiger charge is 2.50. The topological polar surface area (TPSA) is 6.48 Å². The second kappa shape index (κ2) is 14.6. The van der Waals surface area contributed by atoms with Crippen LogP contribution in [0.15, 0.2) is 97.1 Å². The van der Waals surface area contributed by atoms with E-state index in [1.165, 1.54) is 125 Å². The first-order chi connectivity index (χ1) is 32.4. The van der Waals surface area contributed by atoms with E-state index in [2.05, 4.69) is 238 Å². The smallest absolute Gasteiger partial charge is 0.252 e. The minimum Gasteiger partial charge on any atom is -0.311 e. The molecule has 6 aromatic carbocycles. The van der Waals surface area contributed by atoms with Crippen molar-refractivity contribution in [1.82, 2.24) is 0 Å². The van der Waals surface area contributed by atoms with Gasteiger partial charge in [0.05, 0.1) is 0 Å². The van der Waals surface area contributed by atoms with E-state index in [0.717, 1.165) is 12.8 Å². The molecule has 0 radical (unpaired) electrons. The van der Waals surface area contributed by atoms with Crippen molar-refractivity contribution in [3.05, 3.63) is 158 Å². The third-order valence-corrected chi connectivity index (χ3v) is 19.0. The van der Waals surface area contributed by atoms with Crippen LogP contribution < -0.4 is 26.2 Å². The molecule has 3 aliphatic carbocycles. The average Bonchev–Trinajstić information content (AvgIpc) is 3.57. The Morgan fingerprint density at radius 2 is 0.800 bits per heavy atom. The fraction of sp³-hybridized carbons (Fsp3) is 0.463. The Labute approximate surface area is 423 Å². The van der Waals surface area contributed by atoms with Gasteiger partial charge in [-0.1, -0.05) is 178 Å². The summed E-state index contributed by atoms with van der Waals surface area (Å²) in [6.07, 6.45) is 4.65. The first kappa shape index (κ1) is 47.3. The van der Waals surface area contributed by atoms with Gasteiger partial charge in [0.2, 0.25) is 0 Å². The highest BCUT2D eigenvalue weighted by atomic mass is 15.2. The second-order valence-corrected chi connectivity index (χ2v) is 28.5. The molecule has 0 atom stereocenters. The minimum absolute atomic E-state index is 0.0197. The van der Waals surface area contributed by atoms with E-state index < -0.39 is 0 Å². The molecule has 0 N–H and O–H groups in total. The van der Waals surface area contributed by atoms with Crippen LogP contribution in [0.1, 0.15) is 205 Å². The molecular formula is C67H81BN2. The van der Waals surface area contributed by atoms with Gasteiger partial charge in [0.25, 0.3) is 6.71 Å². The SMILES string of the molecule is Cc1cc2c(cc1N1c3cc4c(cc3B3c5cc(C(C)(C)c6ccccc6)ccc5N(c5cc6c(cc5C)C(C)(C)CC6(C)C)c5cc(C(C)(C)C)cc1c53)C(C)(C)CC4(C)C)C(C)(C)CCC2(C)C. The summed E-state index contributed by atoms with van der Waals surface area (Å²) in [6.45, 7) is 46.6. The maximum absolute atomic E-state index is 2.77. The molecule has 6 aromatic rings. The normalized spacial score (nSPS) is 20.3. The molecule has 0 amide bonds. The Morgan fingerprint density at radius 1 is 0.386 bits per heavy atom. The number of anilines is 6.